The largest absolute Gasteiger partial charge is 0.491 e. The van der Waals surface area contributed by atoms with Gasteiger partial charge in [0.05, 0.1) is 4.90 Å². The normalized spacial score (nSPS) is 14.3. The molecule has 0 spiro atoms. The zero-order valence-electron chi connectivity index (χ0n) is 12.1. The molecule has 118 valence electrons. The van der Waals surface area contributed by atoms with Gasteiger partial charge in [-0.15, -0.1) is 0 Å². The first kappa shape index (κ1) is 16.5. The predicted molar refractivity (Wildman–Crippen MR) is 82.4 cm³/mol. The van der Waals surface area contributed by atoms with Crippen LogP contribution in [0.15, 0.2) is 65.6 Å². The third-order valence-corrected chi connectivity index (χ3v) is 5.14. The van der Waals surface area contributed by atoms with E-state index in [1.807, 2.05) is 6.07 Å². The fraction of sp³-hybridized carbons (Fsp3) is 0.250. The second-order valence-electron chi connectivity index (χ2n) is 4.65. The Morgan fingerprint density at radius 3 is 2.09 bits per heavy atom. The maximum Gasteiger partial charge on any atom is 0.207 e. The molecule has 1 N–H and O–H groups in total. The first-order chi connectivity index (χ1) is 10.6. The number of aliphatic hydroxyl groups excluding tert-OH is 1. The lowest BCUT2D eigenvalue weighted by atomic mass is 10.3. The third-order valence-electron chi connectivity index (χ3n) is 3.09. The Balaban J connectivity index is 2.10. The van der Waals surface area contributed by atoms with Crippen LogP contribution in [0.1, 0.15) is 0 Å². The number of aliphatic hydroxyl groups is 1. The average Bonchev–Trinajstić information content (AvgIpc) is 2.55. The van der Waals surface area contributed by atoms with Gasteiger partial charge in [0.15, 0.2) is 5.44 Å². The van der Waals surface area contributed by atoms with Gasteiger partial charge in [-0.2, -0.15) is 0 Å². The van der Waals surface area contributed by atoms with Gasteiger partial charge in [0.25, 0.3) is 0 Å². The lowest BCUT2D eigenvalue weighted by Crippen LogP contribution is -2.39. The van der Waals surface area contributed by atoms with Gasteiger partial charge in [0.1, 0.15) is 18.5 Å². The van der Waals surface area contributed by atoms with Gasteiger partial charge in [-0.25, -0.2) is 8.42 Å². The van der Waals surface area contributed by atoms with E-state index in [1.165, 1.54) is 19.2 Å². The molecule has 2 aromatic rings. The molecule has 5 nitrogen and oxygen atoms in total. The Bertz CT molecular complexity index is 670. The smallest absolute Gasteiger partial charge is 0.207 e. The number of sulfone groups is 1. The number of hydrogen-bond acceptors (Lipinski definition) is 5. The topological polar surface area (TPSA) is 72.8 Å². The summed E-state index contributed by atoms with van der Waals surface area (Å²) in [5.74, 6) is 0.550. The molecule has 0 radical (unpaired) electrons. The van der Waals surface area contributed by atoms with Gasteiger partial charge in [-0.3, -0.25) is 0 Å². The zero-order chi connectivity index (χ0) is 16.0. The molecule has 0 aliphatic rings. The van der Waals surface area contributed by atoms with Crippen LogP contribution in [0.25, 0.3) is 0 Å². The molecule has 0 fully saturated rings. The van der Waals surface area contributed by atoms with Crippen LogP contribution in [0.4, 0.5) is 0 Å². The molecule has 0 unspecified atom stereocenters. The summed E-state index contributed by atoms with van der Waals surface area (Å²) in [6, 6.07) is 16.7. The van der Waals surface area contributed by atoms with Crippen LogP contribution < -0.4 is 4.74 Å². The lowest BCUT2D eigenvalue weighted by molar-refractivity contribution is 0.00882. The standard InChI is InChI=1S/C16H18O5S/c1-20-16(22(18,19)14-10-6-3-7-11-14)15(17)12-21-13-8-4-2-5-9-13/h2-11,15-17H,12H2,1H3/t15-,16-/m0/s1. The number of benzene rings is 2. The summed E-state index contributed by atoms with van der Waals surface area (Å²) in [5, 5.41) is 10.1. The van der Waals surface area contributed by atoms with Gasteiger partial charge in [-0.1, -0.05) is 36.4 Å². The average molecular weight is 322 g/mol. The number of ether oxygens (including phenoxy) is 2. The molecule has 0 saturated carbocycles. The summed E-state index contributed by atoms with van der Waals surface area (Å²) >= 11 is 0. The van der Waals surface area contributed by atoms with E-state index in [1.54, 1.807) is 42.5 Å². The molecule has 0 saturated heterocycles. The Hall–Kier alpha value is -1.89. The monoisotopic (exact) mass is 322 g/mol. The Morgan fingerprint density at radius 2 is 1.55 bits per heavy atom. The molecule has 0 aromatic heterocycles. The number of rotatable bonds is 7. The maximum absolute atomic E-state index is 12.5. The van der Waals surface area contributed by atoms with Crippen molar-refractivity contribution in [3.63, 3.8) is 0 Å². The van der Waals surface area contributed by atoms with Crippen molar-refractivity contribution in [1.29, 1.82) is 0 Å². The summed E-state index contributed by atoms with van der Waals surface area (Å²) in [7, 11) is -2.56. The van der Waals surface area contributed by atoms with Gasteiger partial charge >= 0.3 is 0 Å². The van der Waals surface area contributed by atoms with E-state index in [0.29, 0.717) is 5.75 Å². The van der Waals surface area contributed by atoms with Crippen molar-refractivity contribution in [2.24, 2.45) is 0 Å². The molecule has 6 heteroatoms. The molecular weight excluding hydrogens is 304 g/mol. The van der Waals surface area contributed by atoms with Crippen molar-refractivity contribution in [2.45, 2.75) is 16.4 Å². The lowest BCUT2D eigenvalue weighted by Gasteiger charge is -2.22. The van der Waals surface area contributed by atoms with Crippen LogP contribution in [0.3, 0.4) is 0 Å². The minimum Gasteiger partial charge on any atom is -0.491 e. The van der Waals surface area contributed by atoms with Gasteiger partial charge in [0, 0.05) is 7.11 Å². The highest BCUT2D eigenvalue weighted by Crippen LogP contribution is 2.20. The molecule has 2 atom stereocenters. The summed E-state index contributed by atoms with van der Waals surface area (Å²) in [4.78, 5) is 0.0978. The highest BCUT2D eigenvalue weighted by Gasteiger charge is 2.34. The van der Waals surface area contributed by atoms with Crippen molar-refractivity contribution in [1.82, 2.24) is 0 Å². The van der Waals surface area contributed by atoms with E-state index >= 15 is 0 Å². The third kappa shape index (κ3) is 3.85. The van der Waals surface area contributed by atoms with Crippen LogP contribution in [-0.2, 0) is 14.6 Å². The summed E-state index contributed by atoms with van der Waals surface area (Å²) < 4.78 is 35.3. The van der Waals surface area contributed by atoms with Crippen LogP contribution >= 0.6 is 0 Å². The Labute approximate surface area is 130 Å². The van der Waals surface area contributed by atoms with Gasteiger partial charge in [0.2, 0.25) is 9.84 Å². The van der Waals surface area contributed by atoms with E-state index in [-0.39, 0.29) is 11.5 Å². The van der Waals surface area contributed by atoms with E-state index in [9.17, 15) is 13.5 Å². The molecule has 2 aromatic carbocycles. The number of hydrogen-bond donors (Lipinski definition) is 1. The summed E-state index contributed by atoms with van der Waals surface area (Å²) in [6.45, 7) is -0.186. The first-order valence-corrected chi connectivity index (χ1v) is 8.28. The zero-order valence-corrected chi connectivity index (χ0v) is 12.9. The van der Waals surface area contributed by atoms with Crippen LogP contribution in [0, 0.1) is 0 Å². The van der Waals surface area contributed by atoms with Crippen LogP contribution in [0.5, 0.6) is 5.75 Å². The minimum absolute atomic E-state index is 0.0978. The second kappa shape index (κ2) is 7.40. The van der Waals surface area contributed by atoms with Gasteiger partial charge < -0.3 is 14.6 Å². The SMILES string of the molecule is CO[C@H]([C@@H](O)COc1ccccc1)S(=O)(=O)c1ccccc1. The predicted octanol–water partition coefficient (Wildman–Crippen LogP) is 1.87. The summed E-state index contributed by atoms with van der Waals surface area (Å²) in [5.41, 5.74) is -1.39. The Kier molecular flexibility index (Phi) is 5.54. The van der Waals surface area contributed by atoms with E-state index in [2.05, 4.69) is 0 Å². The van der Waals surface area contributed by atoms with Crippen molar-refractivity contribution < 1.29 is 23.0 Å². The number of methoxy groups -OCH3 is 1. The second-order valence-corrected chi connectivity index (χ2v) is 6.68. The molecule has 0 amide bonds. The number of para-hydroxylation sites is 1. The molecule has 0 bridgehead atoms. The minimum atomic E-state index is -3.81. The molecular formula is C16H18O5S. The van der Waals surface area contributed by atoms with Crippen molar-refractivity contribution in [3.8, 4) is 5.75 Å². The van der Waals surface area contributed by atoms with E-state index < -0.39 is 21.4 Å². The molecule has 2 rings (SSSR count). The van der Waals surface area contributed by atoms with Crippen molar-refractivity contribution >= 4 is 9.84 Å². The fourth-order valence-corrected chi connectivity index (χ4v) is 3.56. The molecule has 0 aliphatic carbocycles. The molecule has 22 heavy (non-hydrogen) atoms. The van der Waals surface area contributed by atoms with Gasteiger partial charge in [-0.05, 0) is 24.3 Å². The maximum atomic E-state index is 12.5. The Morgan fingerprint density at radius 1 is 1.00 bits per heavy atom. The van der Waals surface area contributed by atoms with E-state index in [0.717, 1.165) is 0 Å². The quantitative estimate of drug-likeness (QED) is 0.842. The fourth-order valence-electron chi connectivity index (χ4n) is 2.01. The first-order valence-electron chi connectivity index (χ1n) is 6.73. The highest BCUT2D eigenvalue weighted by molar-refractivity contribution is 7.92. The van der Waals surface area contributed by atoms with Crippen LogP contribution in [-0.4, -0.2) is 38.8 Å². The van der Waals surface area contributed by atoms with Crippen LogP contribution in [0.2, 0.25) is 0 Å². The van der Waals surface area contributed by atoms with Crippen molar-refractivity contribution in [2.75, 3.05) is 13.7 Å². The highest BCUT2D eigenvalue weighted by atomic mass is 32.2. The molecule has 0 aliphatic heterocycles. The van der Waals surface area contributed by atoms with E-state index in [4.69, 9.17) is 9.47 Å². The molecule has 0 heterocycles. The summed E-state index contributed by atoms with van der Waals surface area (Å²) in [6.07, 6.45) is -1.31. The van der Waals surface area contributed by atoms with Crippen molar-refractivity contribution in [3.05, 3.63) is 60.7 Å².